The van der Waals surface area contributed by atoms with Crippen molar-refractivity contribution in [3.05, 3.63) is 87.7 Å². The van der Waals surface area contributed by atoms with E-state index in [1.165, 1.54) is 0 Å². The molecule has 0 aliphatic carbocycles. The molecular formula is C29H35ClN4O4. The number of hydrazone groups is 1. The van der Waals surface area contributed by atoms with Gasteiger partial charge < -0.3 is 19.4 Å². The van der Waals surface area contributed by atoms with E-state index in [4.69, 9.17) is 21.1 Å². The fraction of sp³-hybridized carbons (Fsp3) is 0.345. The first-order valence-electron chi connectivity index (χ1n) is 12.3. The lowest BCUT2D eigenvalue weighted by Crippen LogP contribution is -2.49. The maximum atomic E-state index is 12.9. The molecule has 2 N–H and O–H groups in total. The summed E-state index contributed by atoms with van der Waals surface area (Å²) in [6, 6.07) is 16.3. The van der Waals surface area contributed by atoms with Gasteiger partial charge in [-0.05, 0) is 70.9 Å². The Morgan fingerprint density at radius 1 is 1.08 bits per heavy atom. The topological polar surface area (TPSA) is 94.0 Å². The highest BCUT2D eigenvalue weighted by Crippen LogP contribution is 2.26. The second kappa shape index (κ2) is 12.8. The van der Waals surface area contributed by atoms with E-state index in [1.807, 2.05) is 75.4 Å². The number of aryl methyl sites for hydroxylation is 1. The monoisotopic (exact) mass is 538 g/mol. The molecule has 0 unspecified atom stereocenters. The Bertz CT molecular complexity index is 1300. The molecule has 1 atom stereocenters. The van der Waals surface area contributed by atoms with Crippen molar-refractivity contribution in [1.29, 1.82) is 0 Å². The largest absolute Gasteiger partial charge is 0.444 e. The standard InChI is InChI=1S/C29H35ClN4O4/c1-19-15-23(21(3)34(19)26-14-10-13-24(30)20(26)2)16-31-33-27(35)25(32-28(36)38-29(4,5)6)18-37-17-22-11-8-7-9-12-22/h7-16,25H,17-18H2,1-6H3,(H,32,36)(H,33,35)/b31-16-/t25-/m0/s1. The first-order chi connectivity index (χ1) is 18.0. The van der Waals surface area contributed by atoms with Crippen LogP contribution in [0.3, 0.4) is 0 Å². The number of carbonyl (C=O) groups is 2. The average molecular weight is 539 g/mol. The number of hydrogen-bond acceptors (Lipinski definition) is 5. The van der Waals surface area contributed by atoms with Crippen LogP contribution >= 0.6 is 11.6 Å². The number of nitrogens with one attached hydrogen (secondary N) is 2. The van der Waals surface area contributed by atoms with E-state index in [1.54, 1.807) is 27.0 Å². The van der Waals surface area contributed by atoms with Crippen molar-refractivity contribution >= 4 is 29.8 Å². The number of amides is 2. The van der Waals surface area contributed by atoms with Crippen LogP contribution in [0.2, 0.25) is 5.02 Å². The number of aromatic nitrogens is 1. The van der Waals surface area contributed by atoms with Crippen LogP contribution in [-0.4, -0.2) is 41.0 Å². The third kappa shape index (κ3) is 7.94. The third-order valence-corrected chi connectivity index (χ3v) is 6.14. The maximum Gasteiger partial charge on any atom is 0.408 e. The van der Waals surface area contributed by atoms with E-state index in [-0.39, 0.29) is 6.61 Å². The summed E-state index contributed by atoms with van der Waals surface area (Å²) < 4.78 is 13.1. The van der Waals surface area contributed by atoms with Crippen LogP contribution in [-0.2, 0) is 20.9 Å². The van der Waals surface area contributed by atoms with Crippen LogP contribution in [0.1, 0.15) is 48.8 Å². The Kier molecular flexibility index (Phi) is 9.72. The second-order valence-corrected chi connectivity index (χ2v) is 10.4. The minimum absolute atomic E-state index is 0.0575. The Labute approximate surface area is 229 Å². The molecule has 202 valence electrons. The Morgan fingerprint density at radius 2 is 1.79 bits per heavy atom. The van der Waals surface area contributed by atoms with E-state index < -0.39 is 23.6 Å². The van der Waals surface area contributed by atoms with E-state index in [2.05, 4.69) is 20.4 Å². The summed E-state index contributed by atoms with van der Waals surface area (Å²) in [5.74, 6) is -0.528. The summed E-state index contributed by atoms with van der Waals surface area (Å²) in [6.45, 7) is 11.4. The molecule has 0 bridgehead atoms. The lowest BCUT2D eigenvalue weighted by molar-refractivity contribution is -0.124. The molecule has 8 nitrogen and oxygen atoms in total. The first-order valence-corrected chi connectivity index (χ1v) is 12.7. The van der Waals surface area contributed by atoms with Crippen LogP contribution in [0.25, 0.3) is 5.69 Å². The van der Waals surface area contributed by atoms with Crippen molar-refractivity contribution in [3.8, 4) is 5.69 Å². The third-order valence-electron chi connectivity index (χ3n) is 5.73. The second-order valence-electron chi connectivity index (χ2n) is 9.98. The summed E-state index contributed by atoms with van der Waals surface area (Å²) in [5.41, 5.74) is 7.48. The van der Waals surface area contributed by atoms with Crippen molar-refractivity contribution in [2.45, 2.75) is 59.8 Å². The fourth-order valence-corrected chi connectivity index (χ4v) is 4.04. The van der Waals surface area contributed by atoms with Gasteiger partial charge in [-0.1, -0.05) is 48.0 Å². The van der Waals surface area contributed by atoms with Crippen molar-refractivity contribution < 1.29 is 19.1 Å². The quantitative estimate of drug-likeness (QED) is 0.273. The van der Waals surface area contributed by atoms with Crippen molar-refractivity contribution in [2.24, 2.45) is 5.10 Å². The van der Waals surface area contributed by atoms with Crippen LogP contribution in [0.4, 0.5) is 4.79 Å². The number of ether oxygens (including phenoxy) is 2. The van der Waals surface area contributed by atoms with Crippen LogP contribution < -0.4 is 10.7 Å². The molecule has 0 aliphatic rings. The lowest BCUT2D eigenvalue weighted by Gasteiger charge is -2.22. The van der Waals surface area contributed by atoms with Gasteiger partial charge in [-0.3, -0.25) is 4.79 Å². The highest BCUT2D eigenvalue weighted by Gasteiger charge is 2.24. The molecule has 3 rings (SSSR count). The van der Waals surface area contributed by atoms with Gasteiger partial charge in [0.25, 0.3) is 5.91 Å². The van der Waals surface area contributed by atoms with Gasteiger partial charge in [-0.2, -0.15) is 5.10 Å². The first kappa shape index (κ1) is 28.9. The number of hydrogen-bond donors (Lipinski definition) is 2. The zero-order chi connectivity index (χ0) is 27.9. The highest BCUT2D eigenvalue weighted by molar-refractivity contribution is 6.31. The molecule has 0 saturated heterocycles. The molecule has 1 heterocycles. The Hall–Kier alpha value is -3.62. The zero-order valence-corrected chi connectivity index (χ0v) is 23.4. The van der Waals surface area contributed by atoms with Gasteiger partial charge in [-0.15, -0.1) is 0 Å². The molecule has 0 fully saturated rings. The van der Waals surface area contributed by atoms with Gasteiger partial charge >= 0.3 is 6.09 Å². The fourth-order valence-electron chi connectivity index (χ4n) is 3.87. The predicted octanol–water partition coefficient (Wildman–Crippen LogP) is 5.62. The van der Waals surface area contributed by atoms with Crippen molar-refractivity contribution in [3.63, 3.8) is 0 Å². The van der Waals surface area contributed by atoms with Gasteiger partial charge in [0.05, 0.1) is 19.4 Å². The van der Waals surface area contributed by atoms with Gasteiger partial charge in [0, 0.05) is 27.7 Å². The summed E-state index contributed by atoms with van der Waals surface area (Å²) in [7, 11) is 0. The number of carbonyl (C=O) groups excluding carboxylic acids is 2. The molecule has 2 amide bonds. The molecule has 0 spiro atoms. The molecule has 38 heavy (non-hydrogen) atoms. The van der Waals surface area contributed by atoms with E-state index in [0.717, 1.165) is 33.8 Å². The average Bonchev–Trinajstić information content (AvgIpc) is 3.12. The van der Waals surface area contributed by atoms with E-state index in [9.17, 15) is 9.59 Å². The Balaban J connectivity index is 1.71. The lowest BCUT2D eigenvalue weighted by atomic mass is 10.2. The molecule has 3 aromatic rings. The Morgan fingerprint density at radius 3 is 2.47 bits per heavy atom. The number of alkyl carbamates (subject to hydrolysis) is 1. The summed E-state index contributed by atoms with van der Waals surface area (Å²) in [4.78, 5) is 25.3. The number of rotatable bonds is 9. The molecule has 0 aliphatic heterocycles. The van der Waals surface area contributed by atoms with Gasteiger partial charge in [0.15, 0.2) is 0 Å². The molecule has 2 aromatic carbocycles. The van der Waals surface area contributed by atoms with E-state index in [0.29, 0.717) is 11.6 Å². The molecule has 9 heteroatoms. The summed E-state index contributed by atoms with van der Waals surface area (Å²) in [5, 5.41) is 7.42. The number of nitrogens with zero attached hydrogens (tertiary/aromatic N) is 2. The minimum Gasteiger partial charge on any atom is -0.444 e. The minimum atomic E-state index is -1.01. The van der Waals surface area contributed by atoms with Crippen LogP contribution in [0, 0.1) is 20.8 Å². The predicted molar refractivity (Wildman–Crippen MR) is 150 cm³/mol. The maximum absolute atomic E-state index is 12.9. The molecule has 1 aromatic heterocycles. The van der Waals surface area contributed by atoms with Crippen molar-refractivity contribution in [2.75, 3.05) is 6.61 Å². The number of halogens is 1. The SMILES string of the molecule is Cc1c(Cl)cccc1-n1c(C)cc(/C=N\NC(=O)[C@H](COCc2ccccc2)NC(=O)OC(C)(C)C)c1C. The summed E-state index contributed by atoms with van der Waals surface area (Å²) >= 11 is 6.33. The van der Waals surface area contributed by atoms with Crippen molar-refractivity contribution in [1.82, 2.24) is 15.3 Å². The smallest absolute Gasteiger partial charge is 0.408 e. The van der Waals surface area contributed by atoms with Crippen LogP contribution in [0.15, 0.2) is 59.7 Å². The van der Waals surface area contributed by atoms with Gasteiger partial charge in [0.1, 0.15) is 11.6 Å². The molecular weight excluding hydrogens is 504 g/mol. The molecule has 0 radical (unpaired) electrons. The van der Waals surface area contributed by atoms with Crippen LogP contribution in [0.5, 0.6) is 0 Å². The highest BCUT2D eigenvalue weighted by atomic mass is 35.5. The zero-order valence-electron chi connectivity index (χ0n) is 22.7. The van der Waals surface area contributed by atoms with Gasteiger partial charge in [-0.25, -0.2) is 10.2 Å². The summed E-state index contributed by atoms with van der Waals surface area (Å²) in [6.07, 6.45) is 0.858. The van der Waals surface area contributed by atoms with Gasteiger partial charge in [0.2, 0.25) is 0 Å². The number of benzene rings is 2. The van der Waals surface area contributed by atoms with E-state index >= 15 is 0 Å². The normalized spacial score (nSPS) is 12.4. The molecule has 0 saturated carbocycles.